The Balaban J connectivity index is 0.941. The summed E-state index contributed by atoms with van der Waals surface area (Å²) in [6, 6.07) is 83.5. The zero-order valence-electron chi connectivity index (χ0n) is 34.2. The molecule has 0 saturated carbocycles. The molecule has 3 nitrogen and oxygen atoms in total. The Morgan fingerprint density at radius 1 is 0.286 bits per heavy atom. The molecular formula is C60H38N2O. The number of aromatic nitrogens is 1. The number of rotatable bonds is 6. The van der Waals surface area contributed by atoms with Crippen LogP contribution in [0.2, 0.25) is 0 Å². The Morgan fingerprint density at radius 3 is 1.48 bits per heavy atom. The molecule has 0 fully saturated rings. The summed E-state index contributed by atoms with van der Waals surface area (Å²) in [5, 5.41) is 12.3. The number of hydrogen-bond donors (Lipinski definition) is 0. The average molecular weight is 803 g/mol. The van der Waals surface area contributed by atoms with Gasteiger partial charge in [-0.15, -0.1) is 0 Å². The first-order valence-electron chi connectivity index (χ1n) is 21.6. The van der Waals surface area contributed by atoms with Crippen molar-refractivity contribution in [1.82, 2.24) is 4.57 Å². The number of hydrogen-bond acceptors (Lipinski definition) is 2. The minimum Gasteiger partial charge on any atom is -0.454 e. The topological polar surface area (TPSA) is 21.3 Å². The summed E-state index contributed by atoms with van der Waals surface area (Å²) in [5.41, 5.74) is 13.2. The van der Waals surface area contributed by atoms with Gasteiger partial charge in [-0.25, -0.2) is 0 Å². The first-order valence-corrected chi connectivity index (χ1v) is 21.6. The van der Waals surface area contributed by atoms with Crippen molar-refractivity contribution in [2.24, 2.45) is 0 Å². The van der Waals surface area contributed by atoms with Gasteiger partial charge in [-0.05, 0) is 121 Å². The Morgan fingerprint density at radius 2 is 0.778 bits per heavy atom. The van der Waals surface area contributed by atoms with Crippen molar-refractivity contribution < 1.29 is 4.42 Å². The number of furan rings is 1. The summed E-state index contributed by atoms with van der Waals surface area (Å²) in [6.07, 6.45) is 0. The van der Waals surface area contributed by atoms with E-state index in [2.05, 4.69) is 234 Å². The van der Waals surface area contributed by atoms with Crippen molar-refractivity contribution >= 4 is 93.1 Å². The van der Waals surface area contributed by atoms with Gasteiger partial charge >= 0.3 is 0 Å². The molecule has 3 heteroatoms. The number of fused-ring (bicyclic) bond motifs is 12. The molecule has 11 aromatic carbocycles. The molecular weight excluding hydrogens is 765 g/mol. The summed E-state index contributed by atoms with van der Waals surface area (Å²) < 4.78 is 8.91. The van der Waals surface area contributed by atoms with E-state index in [1.165, 1.54) is 59.8 Å². The minimum atomic E-state index is 0.897. The quantitative estimate of drug-likeness (QED) is 0.156. The summed E-state index contributed by atoms with van der Waals surface area (Å²) in [6.45, 7) is 0. The van der Waals surface area contributed by atoms with E-state index in [1.54, 1.807) is 0 Å². The van der Waals surface area contributed by atoms with Gasteiger partial charge in [0.25, 0.3) is 0 Å². The molecule has 13 aromatic rings. The van der Waals surface area contributed by atoms with Gasteiger partial charge in [0.15, 0.2) is 5.58 Å². The van der Waals surface area contributed by atoms with E-state index in [4.69, 9.17) is 4.42 Å². The molecule has 0 aliphatic carbocycles. The maximum Gasteiger partial charge on any atom is 0.159 e. The fourth-order valence-corrected chi connectivity index (χ4v) is 10.0. The minimum absolute atomic E-state index is 0.897. The van der Waals surface area contributed by atoms with Crippen LogP contribution in [0.15, 0.2) is 235 Å². The van der Waals surface area contributed by atoms with Gasteiger partial charge in [-0.1, -0.05) is 164 Å². The summed E-state index contributed by atoms with van der Waals surface area (Å²) in [5.74, 6) is 0. The van der Waals surface area contributed by atoms with Crippen LogP contribution in [0.3, 0.4) is 0 Å². The van der Waals surface area contributed by atoms with Crippen molar-refractivity contribution in [1.29, 1.82) is 0 Å². The molecule has 0 saturated heterocycles. The van der Waals surface area contributed by atoms with Crippen molar-refractivity contribution in [3.05, 3.63) is 231 Å². The van der Waals surface area contributed by atoms with Crippen LogP contribution in [-0.2, 0) is 0 Å². The molecule has 2 aromatic heterocycles. The second-order valence-corrected chi connectivity index (χ2v) is 16.5. The van der Waals surface area contributed by atoms with E-state index in [0.717, 1.165) is 61.3 Å². The molecule has 294 valence electrons. The molecule has 0 bridgehead atoms. The lowest BCUT2D eigenvalue weighted by molar-refractivity contribution is 0.666. The van der Waals surface area contributed by atoms with E-state index >= 15 is 0 Å². The van der Waals surface area contributed by atoms with Crippen LogP contribution in [0.25, 0.3) is 104 Å². The van der Waals surface area contributed by atoms with Gasteiger partial charge in [-0.2, -0.15) is 0 Å². The van der Waals surface area contributed by atoms with Gasteiger partial charge in [0.1, 0.15) is 5.58 Å². The van der Waals surface area contributed by atoms with Crippen LogP contribution in [0, 0.1) is 0 Å². The highest BCUT2D eigenvalue weighted by Crippen LogP contribution is 2.43. The predicted octanol–water partition coefficient (Wildman–Crippen LogP) is 16.9. The highest BCUT2D eigenvalue weighted by molar-refractivity contribution is 6.26. The van der Waals surface area contributed by atoms with Gasteiger partial charge in [0.2, 0.25) is 0 Å². The number of para-hydroxylation sites is 3. The maximum atomic E-state index is 6.55. The zero-order valence-corrected chi connectivity index (χ0v) is 34.2. The van der Waals surface area contributed by atoms with Gasteiger partial charge in [0.05, 0.1) is 16.7 Å². The molecule has 0 spiro atoms. The first kappa shape index (κ1) is 35.4. The predicted molar refractivity (Wildman–Crippen MR) is 266 cm³/mol. The van der Waals surface area contributed by atoms with Gasteiger partial charge in [-0.3, -0.25) is 0 Å². The van der Waals surface area contributed by atoms with Crippen molar-refractivity contribution in [3.63, 3.8) is 0 Å². The fourth-order valence-electron chi connectivity index (χ4n) is 10.0. The molecule has 0 N–H and O–H groups in total. The molecule has 0 amide bonds. The highest BCUT2D eigenvalue weighted by atomic mass is 16.3. The van der Waals surface area contributed by atoms with Crippen LogP contribution in [0.1, 0.15) is 0 Å². The van der Waals surface area contributed by atoms with Crippen LogP contribution in [0.4, 0.5) is 17.1 Å². The number of benzene rings is 11. The standard InChI is InChI=1S/C60H38N2O/c1-2-13-39(14-3-1)40-25-30-43(31-26-40)61(45-34-35-50-48-17-5-4-15-46(48)47-16-6-7-18-49(47)54(50)38-45)44-32-27-41(28-33-44)42-29-36-57-55(37-42)51-19-8-10-22-56(51)62(57)58-23-12-21-53-52-20-9-11-24-59(52)63-60(53)58/h1-38H. The fraction of sp³-hybridized carbons (Fsp3) is 0. The summed E-state index contributed by atoms with van der Waals surface area (Å²) >= 11 is 0. The molecule has 13 rings (SSSR count). The molecule has 0 aliphatic heterocycles. The highest BCUT2D eigenvalue weighted by Gasteiger charge is 2.20. The molecule has 63 heavy (non-hydrogen) atoms. The third kappa shape index (κ3) is 5.60. The van der Waals surface area contributed by atoms with Crippen LogP contribution >= 0.6 is 0 Å². The summed E-state index contributed by atoms with van der Waals surface area (Å²) in [4.78, 5) is 2.39. The third-order valence-corrected chi connectivity index (χ3v) is 13.0. The molecule has 0 radical (unpaired) electrons. The Bertz CT molecular complexity index is 3860. The van der Waals surface area contributed by atoms with Gasteiger partial charge in [0, 0.05) is 38.6 Å². The molecule has 0 aliphatic rings. The van der Waals surface area contributed by atoms with E-state index in [9.17, 15) is 0 Å². The van der Waals surface area contributed by atoms with Crippen LogP contribution in [-0.4, -0.2) is 4.57 Å². The lowest BCUT2D eigenvalue weighted by Crippen LogP contribution is -2.10. The van der Waals surface area contributed by atoms with Crippen LogP contribution < -0.4 is 4.90 Å². The normalized spacial score (nSPS) is 11.8. The lowest BCUT2D eigenvalue weighted by atomic mass is 9.94. The lowest BCUT2D eigenvalue weighted by Gasteiger charge is -2.26. The average Bonchev–Trinajstić information content (AvgIpc) is 3.91. The summed E-state index contributed by atoms with van der Waals surface area (Å²) in [7, 11) is 0. The van der Waals surface area contributed by atoms with Crippen LogP contribution in [0.5, 0.6) is 0 Å². The Kier molecular flexibility index (Phi) is 7.91. The Labute approximate surface area is 363 Å². The molecule has 0 unspecified atom stereocenters. The van der Waals surface area contributed by atoms with E-state index < -0.39 is 0 Å². The third-order valence-electron chi connectivity index (χ3n) is 13.0. The van der Waals surface area contributed by atoms with Gasteiger partial charge < -0.3 is 13.9 Å². The number of anilines is 3. The molecule has 2 heterocycles. The first-order chi connectivity index (χ1) is 31.2. The van der Waals surface area contributed by atoms with E-state index in [-0.39, 0.29) is 0 Å². The second-order valence-electron chi connectivity index (χ2n) is 16.5. The smallest absolute Gasteiger partial charge is 0.159 e. The molecule has 0 atom stereocenters. The monoisotopic (exact) mass is 802 g/mol. The van der Waals surface area contributed by atoms with Crippen molar-refractivity contribution in [2.45, 2.75) is 0 Å². The van der Waals surface area contributed by atoms with E-state index in [0.29, 0.717) is 0 Å². The van der Waals surface area contributed by atoms with E-state index in [1.807, 2.05) is 6.07 Å². The maximum absolute atomic E-state index is 6.55. The number of nitrogens with zero attached hydrogens (tertiary/aromatic N) is 2. The largest absolute Gasteiger partial charge is 0.454 e. The Hall–Kier alpha value is -8.40. The van der Waals surface area contributed by atoms with Crippen molar-refractivity contribution in [2.75, 3.05) is 4.90 Å². The van der Waals surface area contributed by atoms with Crippen molar-refractivity contribution in [3.8, 4) is 27.9 Å². The SMILES string of the molecule is c1ccc(-c2ccc(N(c3ccc(-c4ccc5c(c4)c4ccccc4n5-c4cccc5c4oc4ccccc45)cc3)c3ccc4c5ccccc5c5ccccc5c4c3)cc2)cc1. The zero-order chi connectivity index (χ0) is 41.4. The second kappa shape index (κ2) is 14.1.